The molecule has 2 N–H and O–H groups in total. The number of hydrogen-bond acceptors (Lipinski definition) is 4. The smallest absolute Gasteiger partial charge is 0.416 e. The van der Waals surface area contributed by atoms with E-state index in [1.807, 2.05) is 19.9 Å². The number of carbonyl (C=O) groups excluding carboxylic acids is 1. The van der Waals surface area contributed by atoms with Crippen LogP contribution in [-0.2, 0) is 19.0 Å². The Bertz CT molecular complexity index is 1340. The molecule has 0 fully saturated rings. The lowest BCUT2D eigenvalue weighted by molar-refractivity contribution is -0.137. The molecule has 3 aromatic rings. The molecule has 3 aromatic carbocycles. The third-order valence-corrected chi connectivity index (χ3v) is 5.68. The number of carboxylic acids is 1. The minimum absolute atomic E-state index is 0.117. The molecule has 0 saturated heterocycles. The van der Waals surface area contributed by atoms with Crippen molar-refractivity contribution >= 4 is 11.8 Å². The van der Waals surface area contributed by atoms with Crippen molar-refractivity contribution in [2.45, 2.75) is 32.9 Å². The molecular formula is C28H25F3O5. The summed E-state index contributed by atoms with van der Waals surface area (Å²) in [5, 5.41) is 20.1. The molecule has 0 aromatic heterocycles. The van der Waals surface area contributed by atoms with Gasteiger partial charge in [0.15, 0.2) is 5.78 Å². The van der Waals surface area contributed by atoms with Gasteiger partial charge in [-0.2, -0.15) is 13.2 Å². The molecule has 0 atom stereocenters. The number of allylic oxidation sites excluding steroid dienone is 2. The number of methoxy groups -OCH3 is 1. The number of carbonyl (C=O) groups is 2. The van der Waals surface area contributed by atoms with Crippen LogP contribution in [0.3, 0.4) is 0 Å². The summed E-state index contributed by atoms with van der Waals surface area (Å²) in [6.07, 6.45) is -2.74. The van der Waals surface area contributed by atoms with E-state index in [2.05, 4.69) is 0 Å². The summed E-state index contributed by atoms with van der Waals surface area (Å²) in [6.45, 7) is 3.74. The molecule has 0 spiro atoms. The quantitative estimate of drug-likeness (QED) is 0.266. The van der Waals surface area contributed by atoms with Crippen LogP contribution in [0.4, 0.5) is 13.2 Å². The van der Waals surface area contributed by atoms with Gasteiger partial charge in [0.2, 0.25) is 0 Å². The Morgan fingerprint density at radius 1 is 0.972 bits per heavy atom. The summed E-state index contributed by atoms with van der Waals surface area (Å²) >= 11 is 0. The van der Waals surface area contributed by atoms with E-state index in [-0.39, 0.29) is 35.3 Å². The zero-order valence-corrected chi connectivity index (χ0v) is 19.9. The zero-order valence-electron chi connectivity index (χ0n) is 19.9. The summed E-state index contributed by atoms with van der Waals surface area (Å²) < 4.78 is 44.8. The van der Waals surface area contributed by atoms with Crippen LogP contribution in [0.5, 0.6) is 11.5 Å². The first kappa shape index (κ1) is 26.5. The highest BCUT2D eigenvalue weighted by molar-refractivity contribution is 6.02. The Morgan fingerprint density at radius 2 is 1.61 bits per heavy atom. The minimum atomic E-state index is -4.51. The largest absolute Gasteiger partial charge is 0.507 e. The Labute approximate surface area is 206 Å². The van der Waals surface area contributed by atoms with Crippen molar-refractivity contribution in [1.82, 2.24) is 0 Å². The molecule has 0 aliphatic heterocycles. The van der Waals surface area contributed by atoms with Crippen LogP contribution in [0.15, 0.2) is 66.2 Å². The molecule has 0 saturated carbocycles. The van der Waals surface area contributed by atoms with E-state index in [1.165, 1.54) is 37.4 Å². The summed E-state index contributed by atoms with van der Waals surface area (Å²) in [7, 11) is 1.38. The molecule has 5 nitrogen and oxygen atoms in total. The monoisotopic (exact) mass is 498 g/mol. The molecular weight excluding hydrogens is 473 g/mol. The first-order chi connectivity index (χ1) is 16.9. The molecule has 0 bridgehead atoms. The fraction of sp³-hybridized carbons (Fsp3) is 0.214. The van der Waals surface area contributed by atoms with Crippen molar-refractivity contribution in [3.63, 3.8) is 0 Å². The number of aromatic carboxylic acids is 1. The normalized spacial score (nSPS) is 11.2. The maximum absolute atomic E-state index is 13.3. The number of benzene rings is 3. The van der Waals surface area contributed by atoms with Gasteiger partial charge in [0.05, 0.1) is 12.7 Å². The van der Waals surface area contributed by atoms with Gasteiger partial charge in [0.1, 0.15) is 17.1 Å². The summed E-state index contributed by atoms with van der Waals surface area (Å²) in [5.41, 5.74) is 1.22. The van der Waals surface area contributed by atoms with Gasteiger partial charge in [-0.3, -0.25) is 4.79 Å². The third kappa shape index (κ3) is 5.94. The molecule has 8 heteroatoms. The Hall–Kier alpha value is -4.07. The highest BCUT2D eigenvalue weighted by Gasteiger charge is 2.30. The Kier molecular flexibility index (Phi) is 7.87. The molecule has 3 rings (SSSR count). The molecule has 36 heavy (non-hydrogen) atoms. The van der Waals surface area contributed by atoms with Crippen LogP contribution in [0, 0.1) is 0 Å². The Morgan fingerprint density at radius 3 is 2.19 bits per heavy atom. The van der Waals surface area contributed by atoms with Crippen LogP contribution in [0.2, 0.25) is 0 Å². The number of rotatable bonds is 8. The number of phenols is 1. The molecule has 0 aliphatic carbocycles. The first-order valence-corrected chi connectivity index (χ1v) is 11.0. The third-order valence-electron chi connectivity index (χ3n) is 5.68. The highest BCUT2D eigenvalue weighted by Crippen LogP contribution is 2.36. The van der Waals surface area contributed by atoms with Crippen LogP contribution in [0.25, 0.3) is 11.1 Å². The van der Waals surface area contributed by atoms with Gasteiger partial charge in [-0.15, -0.1) is 0 Å². The number of halogens is 3. The van der Waals surface area contributed by atoms with Gasteiger partial charge in [0.25, 0.3) is 0 Å². The molecule has 0 aliphatic rings. The maximum Gasteiger partial charge on any atom is 0.416 e. The standard InChI is InChI=1S/C28H25F3O5/c1-16(2)10-11-21-22(26(27(34)35)24(33)15-25(21)36-3)14-23(32)19-8-4-6-17(12-19)18-7-5-9-20(13-18)28(29,30)31/h4-10,12-13,15,33H,11,14H2,1-3H3,(H,34,35). The number of alkyl halides is 3. The van der Waals surface area contributed by atoms with Gasteiger partial charge in [-0.25, -0.2) is 4.79 Å². The van der Waals surface area contributed by atoms with Gasteiger partial charge in [-0.1, -0.05) is 42.0 Å². The average molecular weight is 498 g/mol. The van der Waals surface area contributed by atoms with Gasteiger partial charge in [0, 0.05) is 23.6 Å². The van der Waals surface area contributed by atoms with E-state index in [0.29, 0.717) is 11.1 Å². The fourth-order valence-electron chi connectivity index (χ4n) is 3.89. The average Bonchev–Trinajstić information content (AvgIpc) is 2.82. The SMILES string of the molecule is COc1cc(O)c(C(=O)O)c(CC(=O)c2cccc(-c3cccc(C(F)(F)F)c3)c2)c1CC=C(C)C. The van der Waals surface area contributed by atoms with Crippen LogP contribution in [-0.4, -0.2) is 29.1 Å². The van der Waals surface area contributed by atoms with Gasteiger partial charge >= 0.3 is 12.1 Å². The van der Waals surface area contributed by atoms with Crippen molar-refractivity contribution in [3.8, 4) is 22.6 Å². The second kappa shape index (κ2) is 10.7. The molecule has 0 amide bonds. The van der Waals surface area contributed by atoms with E-state index in [4.69, 9.17) is 4.74 Å². The molecule has 0 radical (unpaired) electrons. The second-order valence-corrected chi connectivity index (χ2v) is 8.48. The van der Waals surface area contributed by atoms with Gasteiger partial charge < -0.3 is 14.9 Å². The second-order valence-electron chi connectivity index (χ2n) is 8.48. The number of ether oxygens (including phenoxy) is 1. The van der Waals surface area contributed by atoms with Crippen LogP contribution >= 0.6 is 0 Å². The summed E-state index contributed by atoms with van der Waals surface area (Å²) in [5.74, 6) is -2.14. The van der Waals surface area contributed by atoms with Crippen LogP contribution in [0.1, 0.15) is 51.3 Å². The highest BCUT2D eigenvalue weighted by atomic mass is 19.4. The lowest BCUT2D eigenvalue weighted by Gasteiger charge is -2.17. The molecule has 188 valence electrons. The van der Waals surface area contributed by atoms with E-state index in [9.17, 15) is 33.0 Å². The van der Waals surface area contributed by atoms with E-state index in [0.717, 1.165) is 17.7 Å². The number of Topliss-reactive ketones (excluding diaryl/α,β-unsaturated/α-hetero) is 1. The minimum Gasteiger partial charge on any atom is -0.507 e. The maximum atomic E-state index is 13.3. The van der Waals surface area contributed by atoms with Crippen molar-refractivity contribution in [2.75, 3.05) is 7.11 Å². The van der Waals surface area contributed by atoms with E-state index >= 15 is 0 Å². The first-order valence-electron chi connectivity index (χ1n) is 11.0. The number of carboxylic acid groups (broad SMARTS) is 1. The summed E-state index contributed by atoms with van der Waals surface area (Å²) in [6, 6.07) is 12.1. The van der Waals surface area contributed by atoms with E-state index in [1.54, 1.807) is 12.1 Å². The van der Waals surface area contributed by atoms with Crippen molar-refractivity contribution < 1.29 is 37.7 Å². The number of ketones is 1. The fourth-order valence-corrected chi connectivity index (χ4v) is 3.89. The van der Waals surface area contributed by atoms with Gasteiger partial charge in [-0.05, 0) is 55.2 Å². The predicted molar refractivity (Wildman–Crippen MR) is 130 cm³/mol. The zero-order chi connectivity index (χ0) is 26.6. The lowest BCUT2D eigenvalue weighted by atomic mass is 9.90. The topological polar surface area (TPSA) is 83.8 Å². The van der Waals surface area contributed by atoms with Crippen LogP contribution < -0.4 is 4.74 Å². The molecule has 0 heterocycles. The number of aromatic hydroxyl groups is 1. The number of hydrogen-bond donors (Lipinski definition) is 2. The van der Waals surface area contributed by atoms with Crippen molar-refractivity contribution in [2.24, 2.45) is 0 Å². The summed E-state index contributed by atoms with van der Waals surface area (Å²) in [4.78, 5) is 25.3. The van der Waals surface area contributed by atoms with E-state index < -0.39 is 34.8 Å². The Balaban J connectivity index is 2.06. The lowest BCUT2D eigenvalue weighted by Crippen LogP contribution is -2.13. The van der Waals surface area contributed by atoms with Crippen molar-refractivity contribution in [1.29, 1.82) is 0 Å². The van der Waals surface area contributed by atoms with Crippen molar-refractivity contribution in [3.05, 3.63) is 94.1 Å². The predicted octanol–water partition coefficient (Wildman–Crippen LogP) is 6.72. The molecule has 0 unspecified atom stereocenters.